The third-order valence-electron chi connectivity index (χ3n) is 2.70. The number of methoxy groups -OCH3 is 1. The Hall–Kier alpha value is -2.76. The molecular formula is C13H9NO5. The average Bonchev–Trinajstić information content (AvgIpc) is 3.04. The van der Waals surface area contributed by atoms with Crippen LogP contribution in [0.2, 0.25) is 0 Å². The van der Waals surface area contributed by atoms with Gasteiger partial charge in [-0.15, -0.1) is 0 Å². The Morgan fingerprint density at radius 2 is 2.11 bits per heavy atom. The number of furan rings is 1. The quantitative estimate of drug-likeness (QED) is 0.778. The van der Waals surface area contributed by atoms with Gasteiger partial charge in [-0.25, -0.2) is 4.79 Å². The Morgan fingerprint density at radius 1 is 1.26 bits per heavy atom. The van der Waals surface area contributed by atoms with E-state index in [9.17, 15) is 4.79 Å². The largest absolute Gasteiger partial charge is 0.497 e. The van der Waals surface area contributed by atoms with Gasteiger partial charge in [0, 0.05) is 17.5 Å². The van der Waals surface area contributed by atoms with Crippen LogP contribution in [0.25, 0.3) is 22.5 Å². The monoisotopic (exact) mass is 259 g/mol. The third kappa shape index (κ3) is 1.93. The first-order chi connectivity index (χ1) is 9.17. The van der Waals surface area contributed by atoms with Crippen molar-refractivity contribution in [2.75, 3.05) is 7.11 Å². The molecule has 2 aromatic heterocycles. The molecule has 0 atom stereocenters. The molecule has 0 radical (unpaired) electrons. The number of aromatic nitrogens is 1. The number of carbonyl (C=O) groups is 1. The van der Waals surface area contributed by atoms with Crippen LogP contribution in [-0.4, -0.2) is 23.3 Å². The molecule has 3 aromatic rings. The number of rotatable bonds is 3. The van der Waals surface area contributed by atoms with Crippen molar-refractivity contribution in [3.8, 4) is 17.3 Å². The van der Waals surface area contributed by atoms with Gasteiger partial charge in [0.25, 0.3) is 0 Å². The molecule has 19 heavy (non-hydrogen) atoms. The molecule has 2 heterocycles. The van der Waals surface area contributed by atoms with E-state index in [0.29, 0.717) is 17.1 Å². The van der Waals surface area contributed by atoms with E-state index in [-0.39, 0.29) is 11.5 Å². The van der Waals surface area contributed by atoms with E-state index in [2.05, 4.69) is 5.16 Å². The Kier molecular flexibility index (Phi) is 2.49. The zero-order valence-corrected chi connectivity index (χ0v) is 9.91. The first kappa shape index (κ1) is 11.3. The number of aromatic carboxylic acids is 1. The predicted molar refractivity (Wildman–Crippen MR) is 65.2 cm³/mol. The Labute approximate surface area is 107 Å². The summed E-state index contributed by atoms with van der Waals surface area (Å²) in [6, 6.07) is 8.46. The van der Waals surface area contributed by atoms with Crippen LogP contribution in [0, 0.1) is 0 Å². The Bertz CT molecular complexity index is 755. The maximum Gasteiger partial charge on any atom is 0.358 e. The van der Waals surface area contributed by atoms with E-state index in [4.69, 9.17) is 18.8 Å². The van der Waals surface area contributed by atoms with Crippen LogP contribution < -0.4 is 4.74 Å². The van der Waals surface area contributed by atoms with Crippen LogP contribution in [0.3, 0.4) is 0 Å². The van der Waals surface area contributed by atoms with E-state index in [1.165, 1.54) is 6.07 Å². The van der Waals surface area contributed by atoms with E-state index in [1.807, 2.05) is 12.1 Å². The molecule has 96 valence electrons. The summed E-state index contributed by atoms with van der Waals surface area (Å²) in [4.78, 5) is 10.7. The number of benzene rings is 1. The highest BCUT2D eigenvalue weighted by Gasteiger charge is 2.15. The molecule has 6 heteroatoms. The first-order valence-electron chi connectivity index (χ1n) is 5.45. The van der Waals surface area contributed by atoms with Crippen LogP contribution in [-0.2, 0) is 0 Å². The molecule has 0 aliphatic carbocycles. The van der Waals surface area contributed by atoms with Crippen LogP contribution in [0.1, 0.15) is 10.5 Å². The number of carboxylic acid groups (broad SMARTS) is 1. The summed E-state index contributed by atoms with van der Waals surface area (Å²) in [5.74, 6) is 0.223. The Balaban J connectivity index is 2.06. The van der Waals surface area contributed by atoms with Gasteiger partial charge in [0.1, 0.15) is 11.3 Å². The van der Waals surface area contributed by atoms with Crippen LogP contribution in [0.5, 0.6) is 5.75 Å². The van der Waals surface area contributed by atoms with Gasteiger partial charge >= 0.3 is 5.97 Å². The SMILES string of the molecule is COc1ccc2cc(-c3cc(C(=O)O)no3)oc2c1. The van der Waals surface area contributed by atoms with Crippen molar-refractivity contribution >= 4 is 16.9 Å². The van der Waals surface area contributed by atoms with E-state index in [1.54, 1.807) is 19.2 Å². The summed E-state index contributed by atoms with van der Waals surface area (Å²) in [5, 5.41) is 13.1. The molecule has 1 N–H and O–H groups in total. The molecule has 0 amide bonds. The van der Waals surface area contributed by atoms with E-state index in [0.717, 1.165) is 5.39 Å². The van der Waals surface area contributed by atoms with Crippen molar-refractivity contribution in [2.45, 2.75) is 0 Å². The topological polar surface area (TPSA) is 85.7 Å². The molecule has 0 unspecified atom stereocenters. The molecule has 3 rings (SSSR count). The summed E-state index contributed by atoms with van der Waals surface area (Å²) in [6.07, 6.45) is 0. The maximum atomic E-state index is 10.7. The fourth-order valence-electron chi connectivity index (χ4n) is 1.75. The van der Waals surface area contributed by atoms with Crippen molar-refractivity contribution < 1.29 is 23.6 Å². The fraction of sp³-hybridized carbons (Fsp3) is 0.0769. The minimum Gasteiger partial charge on any atom is -0.497 e. The minimum absolute atomic E-state index is 0.159. The highest BCUT2D eigenvalue weighted by Crippen LogP contribution is 2.30. The van der Waals surface area contributed by atoms with Gasteiger partial charge in [-0.3, -0.25) is 0 Å². The summed E-state index contributed by atoms with van der Waals surface area (Å²) in [7, 11) is 1.57. The van der Waals surface area contributed by atoms with Crippen molar-refractivity contribution in [1.82, 2.24) is 5.16 Å². The van der Waals surface area contributed by atoms with Gasteiger partial charge in [-0.1, -0.05) is 5.16 Å². The molecule has 0 saturated carbocycles. The molecule has 0 spiro atoms. The summed E-state index contributed by atoms with van der Waals surface area (Å²) in [5.41, 5.74) is 0.468. The lowest BCUT2D eigenvalue weighted by Gasteiger charge is -1.96. The maximum absolute atomic E-state index is 10.7. The summed E-state index contributed by atoms with van der Waals surface area (Å²) < 4.78 is 15.6. The number of fused-ring (bicyclic) bond motifs is 1. The lowest BCUT2D eigenvalue weighted by molar-refractivity contribution is 0.0686. The number of nitrogens with zero attached hydrogens (tertiary/aromatic N) is 1. The van der Waals surface area contributed by atoms with Gasteiger partial charge in [-0.2, -0.15) is 0 Å². The molecule has 0 saturated heterocycles. The van der Waals surface area contributed by atoms with Crippen molar-refractivity contribution in [1.29, 1.82) is 0 Å². The second-order valence-electron chi connectivity index (χ2n) is 3.90. The lowest BCUT2D eigenvalue weighted by Crippen LogP contribution is -1.94. The summed E-state index contributed by atoms with van der Waals surface area (Å²) >= 11 is 0. The molecule has 0 bridgehead atoms. The fourth-order valence-corrected chi connectivity index (χ4v) is 1.75. The minimum atomic E-state index is -1.15. The molecule has 0 fully saturated rings. The van der Waals surface area contributed by atoms with Crippen LogP contribution >= 0.6 is 0 Å². The van der Waals surface area contributed by atoms with Crippen molar-refractivity contribution in [3.63, 3.8) is 0 Å². The predicted octanol–water partition coefficient (Wildman–Crippen LogP) is 2.79. The van der Waals surface area contributed by atoms with Gasteiger partial charge in [0.05, 0.1) is 7.11 Å². The van der Waals surface area contributed by atoms with Crippen molar-refractivity contribution in [3.05, 3.63) is 36.0 Å². The molecule has 0 aliphatic rings. The normalized spacial score (nSPS) is 10.8. The number of hydrogen-bond acceptors (Lipinski definition) is 5. The lowest BCUT2D eigenvalue weighted by atomic mass is 10.2. The smallest absolute Gasteiger partial charge is 0.358 e. The molecule has 0 aliphatic heterocycles. The Morgan fingerprint density at radius 3 is 2.79 bits per heavy atom. The average molecular weight is 259 g/mol. The van der Waals surface area contributed by atoms with Gasteiger partial charge in [0.2, 0.25) is 5.76 Å². The first-order valence-corrected chi connectivity index (χ1v) is 5.45. The number of carboxylic acids is 1. The molecule has 6 nitrogen and oxygen atoms in total. The zero-order valence-electron chi connectivity index (χ0n) is 9.91. The highest BCUT2D eigenvalue weighted by molar-refractivity contribution is 5.87. The summed E-state index contributed by atoms with van der Waals surface area (Å²) in [6.45, 7) is 0. The van der Waals surface area contributed by atoms with Gasteiger partial charge in [0.15, 0.2) is 11.5 Å². The van der Waals surface area contributed by atoms with Gasteiger partial charge in [-0.05, 0) is 18.2 Å². The van der Waals surface area contributed by atoms with Gasteiger partial charge < -0.3 is 18.8 Å². The highest BCUT2D eigenvalue weighted by atomic mass is 16.5. The van der Waals surface area contributed by atoms with E-state index < -0.39 is 5.97 Å². The number of hydrogen-bond donors (Lipinski definition) is 1. The second-order valence-corrected chi connectivity index (χ2v) is 3.90. The zero-order chi connectivity index (χ0) is 13.4. The molecular weight excluding hydrogens is 250 g/mol. The van der Waals surface area contributed by atoms with Crippen molar-refractivity contribution in [2.24, 2.45) is 0 Å². The van der Waals surface area contributed by atoms with E-state index >= 15 is 0 Å². The molecule has 1 aromatic carbocycles. The standard InChI is InChI=1S/C13H9NO5/c1-17-8-3-2-7-4-11(18-10(7)5-8)12-6-9(13(15)16)14-19-12/h2-6H,1H3,(H,15,16). The van der Waals surface area contributed by atoms with Crippen LogP contribution in [0.4, 0.5) is 0 Å². The van der Waals surface area contributed by atoms with Crippen LogP contribution in [0.15, 0.2) is 39.3 Å². The third-order valence-corrected chi connectivity index (χ3v) is 2.70. The number of ether oxygens (including phenoxy) is 1. The second kappa shape index (κ2) is 4.16.